The summed E-state index contributed by atoms with van der Waals surface area (Å²) in [5, 5.41) is 3.10. The molecule has 0 aromatic heterocycles. The van der Waals surface area contributed by atoms with Crippen molar-refractivity contribution in [3.8, 4) is 5.75 Å². The molecule has 0 bridgehead atoms. The molecule has 2 rings (SSSR count). The fourth-order valence-corrected chi connectivity index (χ4v) is 1.90. The van der Waals surface area contributed by atoms with Gasteiger partial charge in [-0.2, -0.15) is 8.78 Å². The molecule has 0 aliphatic rings. The molecule has 0 aliphatic heterocycles. The van der Waals surface area contributed by atoms with Gasteiger partial charge in [0.1, 0.15) is 5.75 Å². The van der Waals surface area contributed by atoms with Crippen molar-refractivity contribution < 1.29 is 18.3 Å². The van der Waals surface area contributed by atoms with E-state index in [4.69, 9.17) is 11.6 Å². The van der Waals surface area contributed by atoms with Gasteiger partial charge in [0.25, 0.3) is 5.91 Å². The Morgan fingerprint density at radius 1 is 1.24 bits per heavy atom. The van der Waals surface area contributed by atoms with Crippen LogP contribution in [0.1, 0.15) is 15.9 Å². The van der Waals surface area contributed by atoms with Crippen LogP contribution in [0.4, 0.5) is 14.5 Å². The number of amides is 1. The first-order chi connectivity index (χ1) is 9.97. The van der Waals surface area contributed by atoms with E-state index in [-0.39, 0.29) is 11.3 Å². The summed E-state index contributed by atoms with van der Waals surface area (Å²) in [5.74, 6) is -0.727. The summed E-state index contributed by atoms with van der Waals surface area (Å²) in [7, 11) is 0. The monoisotopic (exact) mass is 311 g/mol. The molecule has 0 heterocycles. The smallest absolute Gasteiger partial charge is 0.387 e. The Bertz CT molecular complexity index is 662. The minimum atomic E-state index is -2.99. The molecule has 6 heteroatoms. The SMILES string of the molecule is Cc1ccc(NC(=O)c2ccccc2OC(F)F)cc1Cl. The zero-order valence-corrected chi connectivity index (χ0v) is 11.8. The van der Waals surface area contributed by atoms with Crippen molar-refractivity contribution in [3.05, 3.63) is 58.6 Å². The van der Waals surface area contributed by atoms with Crippen LogP contribution in [-0.4, -0.2) is 12.5 Å². The second-order valence-electron chi connectivity index (χ2n) is 4.29. The van der Waals surface area contributed by atoms with Crippen LogP contribution in [0.5, 0.6) is 5.75 Å². The normalized spacial score (nSPS) is 10.5. The molecule has 110 valence electrons. The number of benzene rings is 2. The molecule has 1 amide bonds. The maximum absolute atomic E-state index is 12.3. The van der Waals surface area contributed by atoms with Crippen LogP contribution < -0.4 is 10.1 Å². The fraction of sp³-hybridized carbons (Fsp3) is 0.133. The van der Waals surface area contributed by atoms with Gasteiger partial charge in [0.15, 0.2) is 0 Å². The van der Waals surface area contributed by atoms with Crippen molar-refractivity contribution in [1.82, 2.24) is 0 Å². The molecule has 0 radical (unpaired) electrons. The van der Waals surface area contributed by atoms with Crippen molar-refractivity contribution in [1.29, 1.82) is 0 Å². The Balaban J connectivity index is 2.22. The van der Waals surface area contributed by atoms with Gasteiger partial charge >= 0.3 is 6.61 Å². The molecule has 0 saturated carbocycles. The summed E-state index contributed by atoms with van der Waals surface area (Å²) >= 11 is 5.97. The van der Waals surface area contributed by atoms with E-state index in [9.17, 15) is 13.6 Å². The molecule has 0 spiro atoms. The zero-order valence-electron chi connectivity index (χ0n) is 11.1. The lowest BCUT2D eigenvalue weighted by Crippen LogP contribution is -2.15. The lowest BCUT2D eigenvalue weighted by Gasteiger charge is -2.11. The molecule has 2 aromatic carbocycles. The van der Waals surface area contributed by atoms with Gasteiger partial charge in [-0.3, -0.25) is 4.79 Å². The number of hydrogen-bond donors (Lipinski definition) is 1. The molecule has 0 unspecified atom stereocenters. The van der Waals surface area contributed by atoms with Crippen LogP contribution in [0, 0.1) is 6.92 Å². The summed E-state index contributed by atoms with van der Waals surface area (Å²) in [4.78, 5) is 12.1. The van der Waals surface area contributed by atoms with Crippen molar-refractivity contribution in [2.75, 3.05) is 5.32 Å². The number of anilines is 1. The fourth-order valence-electron chi connectivity index (χ4n) is 1.72. The Kier molecular flexibility index (Phi) is 4.75. The number of para-hydroxylation sites is 1. The van der Waals surface area contributed by atoms with Gasteiger partial charge in [-0.15, -0.1) is 0 Å². The quantitative estimate of drug-likeness (QED) is 0.902. The van der Waals surface area contributed by atoms with Gasteiger partial charge in [-0.1, -0.05) is 29.8 Å². The first kappa shape index (κ1) is 15.3. The van der Waals surface area contributed by atoms with Gasteiger partial charge in [-0.05, 0) is 36.8 Å². The molecular formula is C15H12ClF2NO2. The highest BCUT2D eigenvalue weighted by Gasteiger charge is 2.15. The summed E-state index contributed by atoms with van der Waals surface area (Å²) in [5.41, 5.74) is 1.37. The van der Waals surface area contributed by atoms with Crippen LogP contribution in [0.25, 0.3) is 0 Å². The van der Waals surface area contributed by atoms with Crippen LogP contribution in [0.15, 0.2) is 42.5 Å². The number of alkyl halides is 2. The van der Waals surface area contributed by atoms with E-state index in [1.54, 1.807) is 24.3 Å². The van der Waals surface area contributed by atoms with Gasteiger partial charge < -0.3 is 10.1 Å². The standard InChI is InChI=1S/C15H12ClF2NO2/c1-9-6-7-10(8-12(9)16)19-14(20)11-4-2-3-5-13(11)21-15(17)18/h2-8,15H,1H3,(H,19,20). The molecule has 1 N–H and O–H groups in total. The lowest BCUT2D eigenvalue weighted by atomic mass is 10.1. The predicted octanol–water partition coefficient (Wildman–Crippen LogP) is 4.50. The maximum atomic E-state index is 12.3. The van der Waals surface area contributed by atoms with E-state index in [2.05, 4.69) is 10.1 Å². The maximum Gasteiger partial charge on any atom is 0.387 e. The Labute approximate surface area is 125 Å². The van der Waals surface area contributed by atoms with Gasteiger partial charge in [0.2, 0.25) is 0 Å². The number of aryl methyl sites for hydroxylation is 1. The predicted molar refractivity (Wildman–Crippen MR) is 77.2 cm³/mol. The van der Waals surface area contributed by atoms with E-state index in [0.29, 0.717) is 10.7 Å². The number of carbonyl (C=O) groups excluding carboxylic acids is 1. The second kappa shape index (κ2) is 6.54. The number of carbonyl (C=O) groups is 1. The van der Waals surface area contributed by atoms with E-state index in [0.717, 1.165) is 5.56 Å². The first-order valence-corrected chi connectivity index (χ1v) is 6.46. The zero-order chi connectivity index (χ0) is 15.4. The molecule has 0 atom stereocenters. The van der Waals surface area contributed by atoms with Crippen LogP contribution in [0.2, 0.25) is 5.02 Å². The highest BCUT2D eigenvalue weighted by molar-refractivity contribution is 6.31. The number of ether oxygens (including phenoxy) is 1. The highest BCUT2D eigenvalue weighted by Crippen LogP contribution is 2.24. The largest absolute Gasteiger partial charge is 0.434 e. The van der Waals surface area contributed by atoms with E-state index in [1.807, 2.05) is 6.92 Å². The third-order valence-corrected chi connectivity index (χ3v) is 3.18. The minimum absolute atomic E-state index is 0.0227. The minimum Gasteiger partial charge on any atom is -0.434 e. The van der Waals surface area contributed by atoms with Crippen LogP contribution in [0.3, 0.4) is 0 Å². The van der Waals surface area contributed by atoms with Crippen molar-refractivity contribution >= 4 is 23.2 Å². The highest BCUT2D eigenvalue weighted by atomic mass is 35.5. The van der Waals surface area contributed by atoms with Gasteiger partial charge in [0.05, 0.1) is 5.56 Å². The second-order valence-corrected chi connectivity index (χ2v) is 4.70. The average molecular weight is 312 g/mol. The number of nitrogens with one attached hydrogen (secondary N) is 1. The Morgan fingerprint density at radius 3 is 2.62 bits per heavy atom. The molecule has 21 heavy (non-hydrogen) atoms. The summed E-state index contributed by atoms with van der Waals surface area (Å²) in [6.45, 7) is -1.16. The van der Waals surface area contributed by atoms with Crippen LogP contribution in [-0.2, 0) is 0 Å². The van der Waals surface area contributed by atoms with Crippen LogP contribution >= 0.6 is 11.6 Å². The molecule has 3 nitrogen and oxygen atoms in total. The third kappa shape index (κ3) is 3.92. The average Bonchev–Trinajstić information content (AvgIpc) is 2.43. The lowest BCUT2D eigenvalue weighted by molar-refractivity contribution is -0.0501. The summed E-state index contributed by atoms with van der Waals surface area (Å²) < 4.78 is 29.0. The first-order valence-electron chi connectivity index (χ1n) is 6.08. The van der Waals surface area contributed by atoms with Gasteiger partial charge in [-0.25, -0.2) is 0 Å². The number of rotatable bonds is 4. The number of hydrogen-bond acceptors (Lipinski definition) is 2. The molecule has 0 aliphatic carbocycles. The van der Waals surface area contributed by atoms with Crippen molar-refractivity contribution in [2.45, 2.75) is 13.5 Å². The summed E-state index contributed by atoms with van der Waals surface area (Å²) in [6.07, 6.45) is 0. The Hall–Kier alpha value is -2.14. The molecule has 0 saturated heterocycles. The Morgan fingerprint density at radius 2 is 1.95 bits per heavy atom. The van der Waals surface area contributed by atoms with E-state index >= 15 is 0 Å². The van der Waals surface area contributed by atoms with E-state index < -0.39 is 12.5 Å². The van der Waals surface area contributed by atoms with Crippen molar-refractivity contribution in [2.24, 2.45) is 0 Å². The van der Waals surface area contributed by atoms with E-state index in [1.165, 1.54) is 18.2 Å². The topological polar surface area (TPSA) is 38.3 Å². The number of halogens is 3. The molecule has 0 fully saturated rings. The molecular weight excluding hydrogens is 300 g/mol. The van der Waals surface area contributed by atoms with Gasteiger partial charge in [0, 0.05) is 10.7 Å². The third-order valence-electron chi connectivity index (χ3n) is 2.78. The van der Waals surface area contributed by atoms with Crippen molar-refractivity contribution in [3.63, 3.8) is 0 Å². The molecule has 2 aromatic rings. The summed E-state index contributed by atoms with van der Waals surface area (Å²) in [6, 6.07) is 10.8.